The Labute approximate surface area is 265 Å². The van der Waals surface area contributed by atoms with Gasteiger partial charge in [0.1, 0.15) is 0 Å². The molecule has 0 N–H and O–H groups in total. The van der Waals surface area contributed by atoms with Crippen molar-refractivity contribution in [1.82, 2.24) is 19.1 Å². The van der Waals surface area contributed by atoms with E-state index in [4.69, 9.17) is 9.97 Å². The van der Waals surface area contributed by atoms with Crippen LogP contribution >= 0.6 is 0 Å². The van der Waals surface area contributed by atoms with Gasteiger partial charge in [0.05, 0.1) is 33.3 Å². The molecule has 0 aliphatic heterocycles. The van der Waals surface area contributed by atoms with Crippen LogP contribution in [-0.2, 0) is 25.7 Å². The van der Waals surface area contributed by atoms with Crippen molar-refractivity contribution >= 4 is 54.5 Å². The molecule has 4 nitrogen and oxygen atoms in total. The average Bonchev–Trinajstić information content (AvgIpc) is 3.56. The highest BCUT2D eigenvalue weighted by Crippen LogP contribution is 2.43. The summed E-state index contributed by atoms with van der Waals surface area (Å²) in [5, 5.41) is 6.27. The minimum absolute atomic E-state index is 0.222. The Hall–Kier alpha value is -5.48. The molecule has 8 aromatic rings. The lowest BCUT2D eigenvalue weighted by Gasteiger charge is -2.20. The van der Waals surface area contributed by atoms with Gasteiger partial charge in [-0.3, -0.25) is 4.57 Å². The van der Waals surface area contributed by atoms with Crippen molar-refractivity contribution in [3.05, 3.63) is 143 Å². The van der Waals surface area contributed by atoms with Crippen LogP contribution in [0, 0.1) is 0 Å². The van der Waals surface area contributed by atoms with Crippen molar-refractivity contribution in [2.75, 3.05) is 0 Å². The van der Waals surface area contributed by atoms with E-state index in [-0.39, 0.29) is 5.92 Å². The van der Waals surface area contributed by atoms with E-state index in [1.807, 2.05) is 0 Å². The second kappa shape index (κ2) is 9.04. The average molecular weight is 591 g/mol. The SMILES string of the molecule is C1=CCC(c2nc(-n3c4cc5c(cc4c4cc6c(cc43)c3cc4c(cc3n6-c3ccccc3)CC4)CC5)nc3ccccc23)C=C1. The molecular formula is C42H30N4. The normalized spacial score (nSPS) is 16.7. The molecule has 3 heterocycles. The van der Waals surface area contributed by atoms with Crippen molar-refractivity contribution in [3.63, 3.8) is 0 Å². The van der Waals surface area contributed by atoms with Gasteiger partial charge in [-0.05, 0) is 109 Å². The molecule has 0 spiro atoms. The second-order valence-corrected chi connectivity index (χ2v) is 13.3. The zero-order valence-electron chi connectivity index (χ0n) is 25.4. The number of nitrogens with zero attached hydrogens (tertiary/aromatic N) is 4. The summed E-state index contributed by atoms with van der Waals surface area (Å²) in [6.07, 6.45) is 14.4. The maximum atomic E-state index is 5.43. The number of hydrogen-bond acceptors (Lipinski definition) is 2. The fraction of sp³-hybridized carbons (Fsp3) is 0.143. The van der Waals surface area contributed by atoms with Crippen LogP contribution in [0.3, 0.4) is 0 Å². The van der Waals surface area contributed by atoms with Gasteiger partial charge in [0.15, 0.2) is 0 Å². The molecule has 218 valence electrons. The summed E-state index contributed by atoms with van der Waals surface area (Å²) in [7, 11) is 0. The summed E-state index contributed by atoms with van der Waals surface area (Å²) in [6, 6.07) is 34.0. The fourth-order valence-electron chi connectivity index (χ4n) is 8.23. The zero-order chi connectivity index (χ0) is 29.9. The molecule has 3 aromatic heterocycles. The predicted octanol–water partition coefficient (Wildman–Crippen LogP) is 9.62. The summed E-state index contributed by atoms with van der Waals surface area (Å²) in [4.78, 5) is 10.7. The number of fused-ring (bicyclic) bond motifs is 9. The van der Waals surface area contributed by atoms with E-state index in [2.05, 4.69) is 124 Å². The topological polar surface area (TPSA) is 35.6 Å². The first-order valence-electron chi connectivity index (χ1n) is 16.5. The largest absolute Gasteiger partial charge is 0.309 e. The molecule has 4 heteroatoms. The van der Waals surface area contributed by atoms with Crippen LogP contribution in [0.1, 0.15) is 40.3 Å². The van der Waals surface area contributed by atoms with Gasteiger partial charge in [0, 0.05) is 38.5 Å². The number of para-hydroxylation sites is 2. The van der Waals surface area contributed by atoms with Crippen LogP contribution < -0.4 is 0 Å². The molecule has 1 atom stereocenters. The van der Waals surface area contributed by atoms with Gasteiger partial charge in [-0.25, -0.2) is 9.97 Å². The molecule has 0 radical (unpaired) electrons. The molecule has 0 saturated heterocycles. The Balaban J connectivity index is 1.28. The third kappa shape index (κ3) is 3.33. The van der Waals surface area contributed by atoms with Crippen molar-refractivity contribution in [1.29, 1.82) is 0 Å². The van der Waals surface area contributed by atoms with Crippen LogP contribution in [0.4, 0.5) is 0 Å². The monoisotopic (exact) mass is 590 g/mol. The molecule has 0 amide bonds. The highest BCUT2D eigenvalue weighted by Gasteiger charge is 2.25. The van der Waals surface area contributed by atoms with Crippen molar-refractivity contribution in [3.8, 4) is 11.6 Å². The van der Waals surface area contributed by atoms with E-state index in [9.17, 15) is 0 Å². The van der Waals surface area contributed by atoms with E-state index < -0.39 is 0 Å². The van der Waals surface area contributed by atoms with Gasteiger partial charge in [-0.2, -0.15) is 0 Å². The summed E-state index contributed by atoms with van der Waals surface area (Å²) in [5.41, 5.74) is 14.1. The first-order chi connectivity index (χ1) is 22.8. The summed E-state index contributed by atoms with van der Waals surface area (Å²) >= 11 is 0. The number of hydrogen-bond donors (Lipinski definition) is 0. The Morgan fingerprint density at radius 1 is 0.522 bits per heavy atom. The molecule has 46 heavy (non-hydrogen) atoms. The number of benzene rings is 5. The van der Waals surface area contributed by atoms with Crippen LogP contribution in [0.15, 0.2) is 115 Å². The molecule has 0 fully saturated rings. The van der Waals surface area contributed by atoms with E-state index in [1.54, 1.807) is 0 Å². The standard InChI is InChI=1S/C42H30N4/c1-3-9-25(10-4-1)41-31-13-7-8-14-36(31)43-42(44-41)46-38-22-29-18-16-27(29)20-33(38)35-23-39-34(24-40(35)46)32-19-26-15-17-28(26)21-37(32)45(39)30-11-5-2-6-12-30/h1-9,11-14,19-25H,10,15-18H2. The Morgan fingerprint density at radius 3 is 1.78 bits per heavy atom. The maximum Gasteiger partial charge on any atom is 0.235 e. The summed E-state index contributed by atoms with van der Waals surface area (Å²) in [6.45, 7) is 0. The van der Waals surface area contributed by atoms with E-state index in [0.717, 1.165) is 54.6 Å². The van der Waals surface area contributed by atoms with Crippen LogP contribution in [-0.4, -0.2) is 19.1 Å². The van der Waals surface area contributed by atoms with Gasteiger partial charge in [0.2, 0.25) is 5.95 Å². The van der Waals surface area contributed by atoms with E-state index >= 15 is 0 Å². The first kappa shape index (κ1) is 24.8. The minimum atomic E-state index is 0.222. The molecule has 5 aromatic carbocycles. The maximum absolute atomic E-state index is 5.43. The summed E-state index contributed by atoms with van der Waals surface area (Å²) in [5.74, 6) is 0.977. The minimum Gasteiger partial charge on any atom is -0.309 e. The van der Waals surface area contributed by atoms with Gasteiger partial charge >= 0.3 is 0 Å². The highest BCUT2D eigenvalue weighted by molar-refractivity contribution is 6.19. The van der Waals surface area contributed by atoms with Gasteiger partial charge in [-0.1, -0.05) is 60.7 Å². The van der Waals surface area contributed by atoms with Crippen molar-refractivity contribution < 1.29 is 0 Å². The lowest BCUT2D eigenvalue weighted by Crippen LogP contribution is -2.10. The van der Waals surface area contributed by atoms with Crippen molar-refractivity contribution in [2.24, 2.45) is 0 Å². The molecule has 0 saturated carbocycles. The molecule has 3 aliphatic carbocycles. The van der Waals surface area contributed by atoms with Crippen LogP contribution in [0.25, 0.3) is 66.2 Å². The molecular weight excluding hydrogens is 560 g/mol. The molecule has 11 rings (SSSR count). The number of allylic oxidation sites excluding steroid dienone is 4. The number of aromatic nitrogens is 4. The van der Waals surface area contributed by atoms with Crippen molar-refractivity contribution in [2.45, 2.75) is 38.0 Å². The second-order valence-electron chi connectivity index (χ2n) is 13.3. The van der Waals surface area contributed by atoms with Crippen LogP contribution in [0.2, 0.25) is 0 Å². The van der Waals surface area contributed by atoms with Gasteiger partial charge < -0.3 is 4.57 Å². The molecule has 0 bridgehead atoms. The predicted molar refractivity (Wildman–Crippen MR) is 189 cm³/mol. The third-order valence-corrected chi connectivity index (χ3v) is 10.8. The van der Waals surface area contributed by atoms with Crippen LogP contribution in [0.5, 0.6) is 0 Å². The first-order valence-corrected chi connectivity index (χ1v) is 16.5. The smallest absolute Gasteiger partial charge is 0.235 e. The van der Waals surface area contributed by atoms with Gasteiger partial charge in [-0.15, -0.1) is 0 Å². The fourth-order valence-corrected chi connectivity index (χ4v) is 8.23. The quantitative estimate of drug-likeness (QED) is 0.205. The number of rotatable bonds is 3. The zero-order valence-corrected chi connectivity index (χ0v) is 25.4. The van der Waals surface area contributed by atoms with E-state index in [0.29, 0.717) is 0 Å². The Morgan fingerprint density at radius 2 is 1.11 bits per heavy atom. The third-order valence-electron chi connectivity index (χ3n) is 10.8. The molecule has 3 aliphatic rings. The van der Waals surface area contributed by atoms with E-state index in [1.165, 1.54) is 71.6 Å². The highest BCUT2D eigenvalue weighted by atomic mass is 15.2. The Bertz CT molecular complexity index is 2670. The Kier molecular flexibility index (Phi) is 4.88. The van der Waals surface area contributed by atoms with Gasteiger partial charge in [0.25, 0.3) is 0 Å². The molecule has 1 unspecified atom stereocenters. The number of aryl methyl sites for hydroxylation is 4. The lowest BCUT2D eigenvalue weighted by molar-refractivity contribution is 0.809. The summed E-state index contributed by atoms with van der Waals surface area (Å²) < 4.78 is 4.83. The lowest BCUT2D eigenvalue weighted by atomic mass is 9.87.